The van der Waals surface area contributed by atoms with Gasteiger partial charge in [0.2, 0.25) is 5.91 Å². The Morgan fingerprint density at radius 1 is 1.36 bits per heavy atom. The van der Waals surface area contributed by atoms with Crippen molar-refractivity contribution in [2.45, 2.75) is 4.34 Å². The van der Waals surface area contributed by atoms with E-state index in [1.165, 1.54) is 34.4 Å². The maximum Gasteiger partial charge on any atom is 0.236 e. The van der Waals surface area contributed by atoms with Gasteiger partial charge in [0, 0.05) is 11.6 Å². The van der Waals surface area contributed by atoms with E-state index in [9.17, 15) is 4.79 Å². The summed E-state index contributed by atoms with van der Waals surface area (Å²) in [5, 5.41) is 9.61. The van der Waals surface area contributed by atoms with E-state index in [2.05, 4.69) is 15.4 Å². The molecule has 9 heteroatoms. The minimum atomic E-state index is -0.104. The highest BCUT2D eigenvalue weighted by Gasteiger charge is 2.10. The minimum Gasteiger partial charge on any atom is -0.301 e. The zero-order valence-electron chi connectivity index (χ0n) is 11.1. The number of amides is 1. The summed E-state index contributed by atoms with van der Waals surface area (Å²) in [6, 6.07) is 9.70. The predicted octanol–water partition coefficient (Wildman–Crippen LogP) is 3.85. The summed E-state index contributed by atoms with van der Waals surface area (Å²) >= 11 is 9.48. The molecule has 0 saturated heterocycles. The molecule has 5 nitrogen and oxygen atoms in total. The summed E-state index contributed by atoms with van der Waals surface area (Å²) in [6.45, 7) is 0. The van der Waals surface area contributed by atoms with Crippen LogP contribution in [-0.2, 0) is 4.79 Å². The van der Waals surface area contributed by atoms with Crippen LogP contribution in [0.5, 0.6) is 0 Å². The Labute approximate surface area is 144 Å². The van der Waals surface area contributed by atoms with E-state index in [0.29, 0.717) is 9.09 Å². The van der Waals surface area contributed by atoms with Gasteiger partial charge in [0.05, 0.1) is 11.4 Å². The lowest BCUT2D eigenvalue weighted by molar-refractivity contribution is -0.113. The van der Waals surface area contributed by atoms with Gasteiger partial charge < -0.3 is 5.32 Å². The zero-order valence-corrected chi connectivity index (χ0v) is 14.4. The van der Waals surface area contributed by atoms with Crippen LogP contribution in [0.2, 0.25) is 0 Å². The number of carbonyl (C=O) groups is 1. The van der Waals surface area contributed by atoms with Crippen LogP contribution in [0, 0.1) is 3.95 Å². The quantitative estimate of drug-likeness (QED) is 0.549. The molecule has 0 fully saturated rings. The van der Waals surface area contributed by atoms with Gasteiger partial charge in [-0.15, -0.1) is 16.4 Å². The number of thioether (sulfide) groups is 1. The van der Waals surface area contributed by atoms with Crippen molar-refractivity contribution < 1.29 is 4.79 Å². The number of benzene rings is 1. The van der Waals surface area contributed by atoms with Gasteiger partial charge in [-0.3, -0.25) is 4.79 Å². The molecule has 22 heavy (non-hydrogen) atoms. The van der Waals surface area contributed by atoms with Crippen molar-refractivity contribution in [2.24, 2.45) is 0 Å². The van der Waals surface area contributed by atoms with Gasteiger partial charge in [-0.25, -0.2) is 9.67 Å². The average Bonchev–Trinajstić information content (AvgIpc) is 3.16. The maximum atomic E-state index is 11.8. The number of para-hydroxylation sites is 1. The van der Waals surface area contributed by atoms with E-state index in [-0.39, 0.29) is 11.7 Å². The largest absolute Gasteiger partial charge is 0.301 e. The minimum absolute atomic E-state index is 0.104. The molecule has 0 radical (unpaired) electrons. The zero-order chi connectivity index (χ0) is 15.4. The lowest BCUT2D eigenvalue weighted by Gasteiger charge is -2.00. The van der Waals surface area contributed by atoms with Crippen LogP contribution in [0.1, 0.15) is 0 Å². The summed E-state index contributed by atoms with van der Waals surface area (Å²) in [6.07, 6.45) is 1.65. The Morgan fingerprint density at radius 3 is 2.91 bits per heavy atom. The number of hydrogen-bond acceptors (Lipinski definition) is 7. The second kappa shape index (κ2) is 7.14. The maximum absolute atomic E-state index is 11.8. The molecule has 2 heterocycles. The third-order valence-corrected chi connectivity index (χ3v) is 5.59. The van der Waals surface area contributed by atoms with Gasteiger partial charge in [0.1, 0.15) is 0 Å². The summed E-state index contributed by atoms with van der Waals surface area (Å²) in [7, 11) is 0. The van der Waals surface area contributed by atoms with Crippen LogP contribution in [0.4, 0.5) is 5.13 Å². The molecule has 2 aromatic heterocycles. The van der Waals surface area contributed by atoms with Gasteiger partial charge in [-0.1, -0.05) is 41.3 Å². The molecule has 0 unspecified atom stereocenters. The summed E-state index contributed by atoms with van der Waals surface area (Å²) in [5.41, 5.74) is 0.919. The standard InChI is InChI=1S/C13H10N4OS4/c18-10(15-11-14-6-7-20-11)8-21-12-16-17(13(19)22-12)9-4-2-1-3-5-9/h1-7H,8H2,(H,14,15,18). The number of nitrogens with one attached hydrogen (secondary N) is 1. The number of nitrogens with zero attached hydrogens (tertiary/aromatic N) is 3. The van der Waals surface area contributed by atoms with E-state index in [1.54, 1.807) is 10.9 Å². The van der Waals surface area contributed by atoms with E-state index < -0.39 is 0 Å². The van der Waals surface area contributed by atoms with Crippen molar-refractivity contribution in [3.8, 4) is 5.69 Å². The van der Waals surface area contributed by atoms with Crippen LogP contribution >= 0.6 is 46.7 Å². The second-order valence-corrected chi connectivity index (χ2v) is 7.80. The van der Waals surface area contributed by atoms with Crippen molar-refractivity contribution in [3.63, 3.8) is 0 Å². The van der Waals surface area contributed by atoms with Crippen LogP contribution in [0.25, 0.3) is 5.69 Å². The van der Waals surface area contributed by atoms with Gasteiger partial charge in [-0.2, -0.15) is 0 Å². The lowest BCUT2D eigenvalue weighted by Crippen LogP contribution is -2.13. The monoisotopic (exact) mass is 366 g/mol. The fourth-order valence-corrected chi connectivity index (χ4v) is 4.33. The number of hydrogen-bond donors (Lipinski definition) is 1. The first-order chi connectivity index (χ1) is 10.7. The fraction of sp³-hybridized carbons (Fsp3) is 0.0769. The number of rotatable bonds is 5. The van der Waals surface area contributed by atoms with Gasteiger partial charge in [0.15, 0.2) is 13.4 Å². The van der Waals surface area contributed by atoms with E-state index in [4.69, 9.17) is 12.2 Å². The smallest absolute Gasteiger partial charge is 0.236 e. The van der Waals surface area contributed by atoms with E-state index in [1.807, 2.05) is 35.7 Å². The number of carbonyl (C=O) groups excluding carboxylic acids is 1. The highest BCUT2D eigenvalue weighted by Crippen LogP contribution is 2.24. The molecule has 0 atom stereocenters. The van der Waals surface area contributed by atoms with Crippen molar-refractivity contribution in [1.29, 1.82) is 0 Å². The molecule has 0 bridgehead atoms. The Bertz CT molecular complexity index is 810. The molecule has 0 spiro atoms. The second-order valence-electron chi connectivity index (χ2n) is 4.06. The first-order valence-electron chi connectivity index (χ1n) is 6.20. The average molecular weight is 367 g/mol. The molecule has 0 aliphatic heterocycles. The van der Waals surface area contributed by atoms with Gasteiger partial charge >= 0.3 is 0 Å². The van der Waals surface area contributed by atoms with Gasteiger partial charge in [0.25, 0.3) is 0 Å². The molecule has 1 aromatic carbocycles. The van der Waals surface area contributed by atoms with Crippen LogP contribution in [0.3, 0.4) is 0 Å². The molecule has 0 aliphatic rings. The summed E-state index contributed by atoms with van der Waals surface area (Å²) in [4.78, 5) is 15.8. The fourth-order valence-electron chi connectivity index (χ4n) is 1.62. The SMILES string of the molecule is O=C(CSc1nn(-c2ccccc2)c(=S)s1)Nc1nccs1. The Morgan fingerprint density at radius 2 is 2.18 bits per heavy atom. The van der Waals surface area contributed by atoms with Crippen LogP contribution in [0.15, 0.2) is 46.2 Å². The van der Waals surface area contributed by atoms with E-state index >= 15 is 0 Å². The first kappa shape index (κ1) is 15.3. The molecule has 3 aromatic rings. The lowest BCUT2D eigenvalue weighted by atomic mass is 10.3. The summed E-state index contributed by atoms with van der Waals surface area (Å²) < 4.78 is 3.14. The highest BCUT2D eigenvalue weighted by molar-refractivity contribution is 8.01. The molecule has 112 valence electrons. The Hall–Kier alpha value is -1.55. The summed E-state index contributed by atoms with van der Waals surface area (Å²) in [5.74, 6) is 0.170. The topological polar surface area (TPSA) is 59.8 Å². The molecule has 3 rings (SSSR count). The number of anilines is 1. The van der Waals surface area contributed by atoms with Crippen molar-refractivity contribution in [1.82, 2.24) is 14.8 Å². The molecular weight excluding hydrogens is 356 g/mol. The van der Waals surface area contributed by atoms with Crippen molar-refractivity contribution >= 4 is 57.7 Å². The third-order valence-electron chi connectivity index (χ3n) is 2.54. The number of aromatic nitrogens is 3. The van der Waals surface area contributed by atoms with E-state index in [0.717, 1.165) is 10.0 Å². The predicted molar refractivity (Wildman–Crippen MR) is 93.7 cm³/mol. The Kier molecular flexibility index (Phi) is 4.98. The molecule has 0 saturated carbocycles. The molecule has 0 aliphatic carbocycles. The third kappa shape index (κ3) is 3.80. The molecular formula is C13H10N4OS4. The normalized spacial score (nSPS) is 10.5. The molecule has 1 N–H and O–H groups in total. The highest BCUT2D eigenvalue weighted by atomic mass is 32.2. The van der Waals surface area contributed by atoms with Crippen LogP contribution < -0.4 is 5.32 Å². The number of thiazole rings is 1. The Balaban J connectivity index is 1.64. The van der Waals surface area contributed by atoms with Crippen LogP contribution in [-0.4, -0.2) is 26.4 Å². The first-order valence-corrected chi connectivity index (χ1v) is 9.29. The van der Waals surface area contributed by atoms with Gasteiger partial charge in [-0.05, 0) is 24.4 Å². The van der Waals surface area contributed by atoms with Crippen molar-refractivity contribution in [3.05, 3.63) is 45.9 Å². The molecule has 1 amide bonds. The van der Waals surface area contributed by atoms with Crippen molar-refractivity contribution in [2.75, 3.05) is 11.1 Å².